The van der Waals surface area contributed by atoms with Crippen LogP contribution in [0.25, 0.3) is 43.6 Å². The number of aromatic amines is 2. The van der Waals surface area contributed by atoms with Gasteiger partial charge in [0.15, 0.2) is 10.9 Å². The van der Waals surface area contributed by atoms with Crippen LogP contribution in [0.4, 0.5) is 0 Å². The van der Waals surface area contributed by atoms with E-state index in [0.29, 0.717) is 38.1 Å². The molecule has 3 N–H and O–H groups in total. The molecule has 30 heavy (non-hydrogen) atoms. The fraction of sp³-hybridized carbons (Fsp3) is 0.0909. The third kappa shape index (κ3) is 2.51. The lowest BCUT2D eigenvalue weighted by Crippen LogP contribution is -2.10. The second-order valence-corrected chi connectivity index (χ2v) is 8.83. The molecule has 5 rings (SSSR count). The van der Waals surface area contributed by atoms with Gasteiger partial charge in [0, 0.05) is 21.5 Å². The lowest BCUT2D eigenvalue weighted by Gasteiger charge is -2.10. The van der Waals surface area contributed by atoms with Crippen LogP contribution in [0, 0.1) is 13.8 Å². The Labute approximate surface area is 169 Å². The van der Waals surface area contributed by atoms with Gasteiger partial charge < -0.3 is 9.97 Å². The van der Waals surface area contributed by atoms with Gasteiger partial charge in [-0.2, -0.15) is 8.42 Å². The number of benzene rings is 3. The molecule has 150 valence electrons. The summed E-state index contributed by atoms with van der Waals surface area (Å²) in [4.78, 5) is 32.3. The summed E-state index contributed by atoms with van der Waals surface area (Å²) >= 11 is 0. The van der Waals surface area contributed by atoms with Gasteiger partial charge in [-0.3, -0.25) is 14.1 Å². The largest absolute Gasteiger partial charge is 0.354 e. The number of aromatic nitrogens is 2. The average molecular weight is 420 g/mol. The summed E-state index contributed by atoms with van der Waals surface area (Å²) < 4.78 is 32.7. The molecule has 0 unspecified atom stereocenters. The van der Waals surface area contributed by atoms with Crippen LogP contribution in [0.3, 0.4) is 0 Å². The van der Waals surface area contributed by atoms with Gasteiger partial charge in [0.25, 0.3) is 10.1 Å². The molecule has 7 nitrogen and oxygen atoms in total. The molecule has 0 saturated carbocycles. The molecule has 0 radical (unpaired) electrons. The van der Waals surface area contributed by atoms with E-state index in [1.54, 1.807) is 18.2 Å². The zero-order valence-electron chi connectivity index (χ0n) is 16.0. The SMILES string of the molecule is Cc1cccc2c(=O)c3cc4[nH]c5c(C)c(S(=O)(=O)O)ccc5c(=O)c4cc3[nH]c12. The first-order valence-corrected chi connectivity index (χ1v) is 10.6. The van der Waals surface area contributed by atoms with E-state index < -0.39 is 10.1 Å². The lowest BCUT2D eigenvalue weighted by molar-refractivity contribution is 0.482. The highest BCUT2D eigenvalue weighted by molar-refractivity contribution is 7.85. The van der Waals surface area contributed by atoms with E-state index in [0.717, 1.165) is 11.1 Å². The first-order chi connectivity index (χ1) is 14.2. The Morgan fingerprint density at radius 3 is 1.93 bits per heavy atom. The Morgan fingerprint density at radius 1 is 0.767 bits per heavy atom. The molecule has 5 aromatic rings. The predicted molar refractivity (Wildman–Crippen MR) is 117 cm³/mol. The molecule has 8 heteroatoms. The Bertz CT molecular complexity index is 1780. The Hall–Kier alpha value is -3.49. The number of fused-ring (bicyclic) bond motifs is 4. The van der Waals surface area contributed by atoms with Gasteiger partial charge in [-0.25, -0.2) is 0 Å². The summed E-state index contributed by atoms with van der Waals surface area (Å²) in [5, 5.41) is 1.64. The second kappa shape index (κ2) is 6.01. The van der Waals surface area contributed by atoms with E-state index in [9.17, 15) is 22.6 Å². The third-order valence-electron chi connectivity index (χ3n) is 5.62. The first-order valence-electron chi connectivity index (χ1n) is 9.19. The minimum Gasteiger partial charge on any atom is -0.354 e. The van der Waals surface area contributed by atoms with E-state index in [4.69, 9.17) is 0 Å². The number of hydrogen-bond acceptors (Lipinski definition) is 4. The number of aryl methyl sites for hydroxylation is 2. The summed E-state index contributed by atoms with van der Waals surface area (Å²) in [6.07, 6.45) is 0. The quantitative estimate of drug-likeness (QED) is 0.283. The molecule has 0 atom stereocenters. The van der Waals surface area contributed by atoms with Crippen molar-refractivity contribution in [2.75, 3.05) is 0 Å². The van der Waals surface area contributed by atoms with Crippen molar-refractivity contribution in [2.24, 2.45) is 0 Å². The molecule has 0 aliphatic heterocycles. The molecule has 0 aliphatic rings. The maximum Gasteiger partial charge on any atom is 0.294 e. The van der Waals surface area contributed by atoms with Crippen molar-refractivity contribution < 1.29 is 13.0 Å². The van der Waals surface area contributed by atoms with Crippen molar-refractivity contribution in [2.45, 2.75) is 18.7 Å². The Kier molecular flexibility index (Phi) is 3.71. The standard InChI is InChI=1S/C22H16N2O5S/c1-10-4-3-5-12-19(10)23-16-8-15-17(9-14(16)21(12)25)24-20-11(2)18(30(27,28)29)7-6-13(20)22(15)26/h3-9H,1-2H3,(H,23,25)(H,24,26)(H,27,28,29). The predicted octanol–water partition coefficient (Wildman–Crippen LogP) is 3.54. The van der Waals surface area contributed by atoms with Crippen molar-refractivity contribution in [3.63, 3.8) is 0 Å². The average Bonchev–Trinajstić information content (AvgIpc) is 2.68. The number of rotatable bonds is 1. The van der Waals surface area contributed by atoms with E-state index in [-0.39, 0.29) is 21.3 Å². The summed E-state index contributed by atoms with van der Waals surface area (Å²) in [5.74, 6) is 0. The summed E-state index contributed by atoms with van der Waals surface area (Å²) in [6, 6.07) is 11.3. The maximum absolute atomic E-state index is 13.1. The first kappa shape index (κ1) is 18.5. The zero-order valence-corrected chi connectivity index (χ0v) is 16.8. The smallest absolute Gasteiger partial charge is 0.294 e. The summed E-state index contributed by atoms with van der Waals surface area (Å²) in [5.41, 5.74) is 2.68. The van der Waals surface area contributed by atoms with Crippen LogP contribution in [0.5, 0.6) is 0 Å². The van der Waals surface area contributed by atoms with Crippen LogP contribution in [0.15, 0.2) is 56.9 Å². The van der Waals surface area contributed by atoms with Crippen molar-refractivity contribution in [1.29, 1.82) is 0 Å². The van der Waals surface area contributed by atoms with E-state index in [2.05, 4.69) is 9.97 Å². The number of nitrogens with one attached hydrogen (secondary N) is 2. The fourth-order valence-electron chi connectivity index (χ4n) is 4.09. The van der Waals surface area contributed by atoms with Crippen molar-refractivity contribution >= 4 is 53.7 Å². The Balaban J connectivity index is 1.98. The van der Waals surface area contributed by atoms with Gasteiger partial charge in [-0.05, 0) is 55.3 Å². The zero-order chi connectivity index (χ0) is 21.4. The monoisotopic (exact) mass is 420 g/mol. The third-order valence-corrected chi connectivity index (χ3v) is 6.62. The topological polar surface area (TPSA) is 120 Å². The molecule has 0 spiro atoms. The molecule has 0 aliphatic carbocycles. The molecular formula is C22H16N2O5S. The number of hydrogen-bond donors (Lipinski definition) is 3. The molecule has 0 bridgehead atoms. The number of pyridine rings is 2. The van der Waals surface area contributed by atoms with Crippen LogP contribution in [0.2, 0.25) is 0 Å². The van der Waals surface area contributed by atoms with Crippen LogP contribution in [-0.4, -0.2) is 22.9 Å². The molecule has 0 fully saturated rings. The summed E-state index contributed by atoms with van der Waals surface area (Å²) in [7, 11) is -4.44. The van der Waals surface area contributed by atoms with Gasteiger partial charge in [-0.1, -0.05) is 12.1 Å². The lowest BCUT2D eigenvalue weighted by atomic mass is 10.0. The fourth-order valence-corrected chi connectivity index (χ4v) is 4.82. The van der Waals surface area contributed by atoms with Crippen LogP contribution in [-0.2, 0) is 10.1 Å². The molecule has 0 amide bonds. The van der Waals surface area contributed by atoms with Gasteiger partial charge >= 0.3 is 0 Å². The normalized spacial score (nSPS) is 12.4. The van der Waals surface area contributed by atoms with E-state index >= 15 is 0 Å². The molecule has 3 aromatic carbocycles. The van der Waals surface area contributed by atoms with Crippen molar-refractivity contribution in [3.05, 3.63) is 74.0 Å². The van der Waals surface area contributed by atoms with Crippen molar-refractivity contribution in [3.8, 4) is 0 Å². The second-order valence-electron chi connectivity index (χ2n) is 7.44. The van der Waals surface area contributed by atoms with Crippen LogP contribution >= 0.6 is 0 Å². The van der Waals surface area contributed by atoms with Gasteiger partial charge in [0.05, 0.1) is 27.0 Å². The van der Waals surface area contributed by atoms with Crippen LogP contribution in [0.1, 0.15) is 11.1 Å². The highest BCUT2D eigenvalue weighted by Gasteiger charge is 2.18. The van der Waals surface area contributed by atoms with E-state index in [1.807, 2.05) is 19.1 Å². The number of H-pyrrole nitrogens is 2. The van der Waals surface area contributed by atoms with Gasteiger partial charge in [0.1, 0.15) is 0 Å². The molecule has 2 aromatic heterocycles. The molecular weight excluding hydrogens is 404 g/mol. The van der Waals surface area contributed by atoms with Crippen LogP contribution < -0.4 is 10.9 Å². The highest BCUT2D eigenvalue weighted by Crippen LogP contribution is 2.26. The molecule has 2 heterocycles. The van der Waals surface area contributed by atoms with Gasteiger partial charge in [-0.15, -0.1) is 0 Å². The maximum atomic E-state index is 13.1. The molecule has 0 saturated heterocycles. The minimum atomic E-state index is -4.44. The number of para-hydroxylation sites is 1. The van der Waals surface area contributed by atoms with Crippen molar-refractivity contribution in [1.82, 2.24) is 9.97 Å². The highest BCUT2D eigenvalue weighted by atomic mass is 32.2. The Morgan fingerprint density at radius 2 is 1.33 bits per heavy atom. The minimum absolute atomic E-state index is 0.159. The summed E-state index contributed by atoms with van der Waals surface area (Å²) in [6.45, 7) is 3.42. The van der Waals surface area contributed by atoms with E-state index in [1.165, 1.54) is 19.1 Å². The van der Waals surface area contributed by atoms with Gasteiger partial charge in [0.2, 0.25) is 0 Å².